The lowest BCUT2D eigenvalue weighted by molar-refractivity contribution is -0.176. The Morgan fingerprint density at radius 2 is 1.67 bits per heavy atom. The van der Waals surface area contributed by atoms with Crippen molar-refractivity contribution < 1.29 is 29.3 Å². The monoisotopic (exact) mass is 340 g/mol. The van der Waals surface area contributed by atoms with Crippen molar-refractivity contribution in [3.8, 4) is 11.5 Å². The molecule has 0 saturated heterocycles. The van der Waals surface area contributed by atoms with Gasteiger partial charge in [-0.15, -0.1) is 0 Å². The highest BCUT2D eigenvalue weighted by Crippen LogP contribution is 2.27. The third-order valence-corrected chi connectivity index (χ3v) is 3.36. The summed E-state index contributed by atoms with van der Waals surface area (Å²) in [6.07, 6.45) is 0.0867. The first kappa shape index (κ1) is 19.7. The molecule has 0 aliphatic carbocycles. The number of ether oxygens (including phenoxy) is 2. The molecule has 24 heavy (non-hydrogen) atoms. The molecule has 0 amide bonds. The van der Waals surface area contributed by atoms with Gasteiger partial charge in [-0.1, -0.05) is 6.07 Å². The summed E-state index contributed by atoms with van der Waals surface area (Å²) in [5.74, 6) is 3.66. The zero-order valence-corrected chi connectivity index (χ0v) is 14.3. The van der Waals surface area contributed by atoms with Crippen LogP contribution in [-0.4, -0.2) is 34.5 Å². The molecule has 1 atom stereocenters. The molecular weight excluding hydrogens is 316 g/mol. The number of hydrogen-bond donors (Lipinski definition) is 4. The molecule has 0 aromatic heterocycles. The van der Waals surface area contributed by atoms with Crippen LogP contribution in [0.3, 0.4) is 0 Å². The lowest BCUT2D eigenvalue weighted by atomic mass is 9.93. The highest BCUT2D eigenvalue weighted by atomic mass is 16.7. The van der Waals surface area contributed by atoms with Crippen LogP contribution in [0, 0.1) is 5.41 Å². The minimum Gasteiger partial charge on any atom is -0.504 e. The number of phenolic OH excluding ortho intramolecular Hbond substituents is 2. The highest BCUT2D eigenvalue weighted by Gasteiger charge is 2.35. The van der Waals surface area contributed by atoms with Crippen LogP contribution in [0.15, 0.2) is 18.2 Å². The number of hydrazine groups is 1. The van der Waals surface area contributed by atoms with Crippen LogP contribution in [0.4, 0.5) is 0 Å². The van der Waals surface area contributed by atoms with Crippen LogP contribution in [-0.2, 0) is 25.5 Å². The second-order valence-corrected chi connectivity index (χ2v) is 6.71. The average molecular weight is 340 g/mol. The molecule has 0 fully saturated rings. The van der Waals surface area contributed by atoms with Gasteiger partial charge >= 0.3 is 11.9 Å². The third-order valence-electron chi connectivity index (χ3n) is 3.36. The first-order chi connectivity index (χ1) is 11.0. The van der Waals surface area contributed by atoms with Crippen LogP contribution in [0.2, 0.25) is 0 Å². The van der Waals surface area contributed by atoms with E-state index in [1.165, 1.54) is 25.1 Å². The Hall–Kier alpha value is -2.32. The van der Waals surface area contributed by atoms with Gasteiger partial charge in [-0.05, 0) is 45.4 Å². The molecule has 8 heteroatoms. The molecule has 8 nitrogen and oxygen atoms in total. The number of phenols is 2. The fourth-order valence-corrected chi connectivity index (χ4v) is 1.78. The standard InChI is InChI=1S/C16H24N2O6/c1-15(2,3)13(21)23-9-24-14(22)16(4,18-17)8-10-5-6-11(19)12(20)7-10/h5-7,18-20H,8-9,17H2,1-4H3/t16-/m0/s1. The van der Waals surface area contributed by atoms with E-state index in [-0.39, 0.29) is 17.9 Å². The van der Waals surface area contributed by atoms with Gasteiger partial charge in [0.15, 0.2) is 11.5 Å². The molecule has 0 aliphatic rings. The fraction of sp³-hybridized carbons (Fsp3) is 0.500. The summed E-state index contributed by atoms with van der Waals surface area (Å²) in [5.41, 5.74) is 0.909. The van der Waals surface area contributed by atoms with Crippen LogP contribution < -0.4 is 11.3 Å². The largest absolute Gasteiger partial charge is 0.504 e. The zero-order valence-electron chi connectivity index (χ0n) is 14.3. The van der Waals surface area contributed by atoms with Crippen molar-refractivity contribution >= 4 is 11.9 Å². The fourth-order valence-electron chi connectivity index (χ4n) is 1.78. The molecule has 0 unspecified atom stereocenters. The SMILES string of the molecule is CC(C)(C)C(=O)OCOC(=O)[C@](C)(Cc1ccc(O)c(O)c1)NN. The first-order valence-electron chi connectivity index (χ1n) is 7.32. The first-order valence-corrected chi connectivity index (χ1v) is 7.32. The molecule has 0 radical (unpaired) electrons. The molecule has 0 aliphatic heterocycles. The summed E-state index contributed by atoms with van der Waals surface area (Å²) in [5, 5.41) is 18.8. The number of aromatic hydroxyl groups is 2. The zero-order chi connectivity index (χ0) is 18.5. The molecule has 1 aromatic carbocycles. The summed E-state index contributed by atoms with van der Waals surface area (Å²) in [7, 11) is 0. The Kier molecular flexibility index (Phi) is 6.16. The second-order valence-electron chi connectivity index (χ2n) is 6.71. The van der Waals surface area contributed by atoms with Gasteiger partial charge in [-0.2, -0.15) is 0 Å². The molecule has 0 spiro atoms. The van der Waals surface area contributed by atoms with E-state index in [4.69, 9.17) is 15.3 Å². The maximum Gasteiger partial charge on any atom is 0.330 e. The van der Waals surface area contributed by atoms with E-state index < -0.39 is 29.7 Å². The number of carbonyl (C=O) groups excluding carboxylic acids is 2. The lowest BCUT2D eigenvalue weighted by Gasteiger charge is -2.26. The van der Waals surface area contributed by atoms with E-state index in [0.29, 0.717) is 5.56 Å². The third kappa shape index (κ3) is 5.10. The van der Waals surface area contributed by atoms with Crippen molar-refractivity contribution in [3.05, 3.63) is 23.8 Å². The van der Waals surface area contributed by atoms with E-state index in [0.717, 1.165) is 0 Å². The minimum absolute atomic E-state index is 0.0867. The van der Waals surface area contributed by atoms with E-state index in [2.05, 4.69) is 5.43 Å². The predicted octanol–water partition coefficient (Wildman–Crippen LogP) is 0.952. The van der Waals surface area contributed by atoms with Crippen LogP contribution in [0.5, 0.6) is 11.5 Å². The molecule has 5 N–H and O–H groups in total. The maximum atomic E-state index is 12.2. The van der Waals surface area contributed by atoms with Crippen molar-refractivity contribution in [2.75, 3.05) is 6.79 Å². The van der Waals surface area contributed by atoms with Gasteiger partial charge in [0.25, 0.3) is 0 Å². The molecular formula is C16H24N2O6. The van der Waals surface area contributed by atoms with E-state index in [1.807, 2.05) is 0 Å². The van der Waals surface area contributed by atoms with Gasteiger partial charge < -0.3 is 19.7 Å². The van der Waals surface area contributed by atoms with Gasteiger partial charge in [0.2, 0.25) is 6.79 Å². The second kappa shape index (κ2) is 7.50. The Bertz CT molecular complexity index is 611. The summed E-state index contributed by atoms with van der Waals surface area (Å²) < 4.78 is 9.83. The Labute approximate surface area is 140 Å². The topological polar surface area (TPSA) is 131 Å². The summed E-state index contributed by atoms with van der Waals surface area (Å²) in [4.78, 5) is 23.8. The molecule has 1 rings (SSSR count). The van der Waals surface area contributed by atoms with Crippen molar-refractivity contribution in [2.24, 2.45) is 11.3 Å². The van der Waals surface area contributed by atoms with Crippen molar-refractivity contribution in [1.29, 1.82) is 0 Å². The van der Waals surface area contributed by atoms with E-state index >= 15 is 0 Å². The lowest BCUT2D eigenvalue weighted by Crippen LogP contribution is -2.55. The molecule has 1 aromatic rings. The van der Waals surface area contributed by atoms with Gasteiger partial charge in [0.1, 0.15) is 5.54 Å². The smallest absolute Gasteiger partial charge is 0.330 e. The number of rotatable bonds is 6. The molecule has 0 saturated carbocycles. The Balaban J connectivity index is 2.70. The quantitative estimate of drug-likeness (QED) is 0.198. The molecule has 0 bridgehead atoms. The number of esters is 2. The number of nitrogens with two attached hydrogens (primary N) is 1. The van der Waals surface area contributed by atoms with Gasteiger partial charge in [0.05, 0.1) is 5.41 Å². The highest BCUT2D eigenvalue weighted by molar-refractivity contribution is 5.81. The van der Waals surface area contributed by atoms with Gasteiger partial charge in [0, 0.05) is 6.42 Å². The Morgan fingerprint density at radius 1 is 1.08 bits per heavy atom. The predicted molar refractivity (Wildman–Crippen MR) is 85.7 cm³/mol. The maximum absolute atomic E-state index is 12.2. The van der Waals surface area contributed by atoms with Crippen molar-refractivity contribution in [2.45, 2.75) is 39.7 Å². The number of hydrogen-bond acceptors (Lipinski definition) is 8. The number of benzene rings is 1. The van der Waals surface area contributed by atoms with Crippen LogP contribution in [0.25, 0.3) is 0 Å². The molecule has 134 valence electrons. The summed E-state index contributed by atoms with van der Waals surface area (Å²) >= 11 is 0. The van der Waals surface area contributed by atoms with E-state index in [9.17, 15) is 19.8 Å². The number of nitrogens with one attached hydrogen (secondary N) is 1. The average Bonchev–Trinajstić information content (AvgIpc) is 2.49. The molecule has 0 heterocycles. The van der Waals surface area contributed by atoms with Crippen molar-refractivity contribution in [1.82, 2.24) is 5.43 Å². The summed E-state index contributed by atoms with van der Waals surface area (Å²) in [6, 6.07) is 4.16. The van der Waals surface area contributed by atoms with Gasteiger partial charge in [-0.3, -0.25) is 10.6 Å². The van der Waals surface area contributed by atoms with E-state index in [1.54, 1.807) is 20.8 Å². The minimum atomic E-state index is -1.31. The van der Waals surface area contributed by atoms with Crippen LogP contribution >= 0.6 is 0 Å². The number of carbonyl (C=O) groups is 2. The van der Waals surface area contributed by atoms with Crippen molar-refractivity contribution in [3.63, 3.8) is 0 Å². The van der Waals surface area contributed by atoms with Gasteiger partial charge in [-0.25, -0.2) is 10.2 Å². The summed E-state index contributed by atoms with van der Waals surface area (Å²) in [6.45, 7) is 6.03. The normalized spacial score (nSPS) is 13.9. The van der Waals surface area contributed by atoms with Crippen LogP contribution in [0.1, 0.15) is 33.3 Å². The Morgan fingerprint density at radius 3 is 2.17 bits per heavy atom.